The molecule has 1 aromatic heterocycles. The summed E-state index contributed by atoms with van der Waals surface area (Å²) in [5.74, 6) is 0.248. The summed E-state index contributed by atoms with van der Waals surface area (Å²) in [5.41, 5.74) is 3.85. The predicted octanol–water partition coefficient (Wildman–Crippen LogP) is 1.75. The molecule has 0 unspecified atom stereocenters. The number of nitrogens with zero attached hydrogens (tertiary/aromatic N) is 5. The summed E-state index contributed by atoms with van der Waals surface area (Å²) in [4.78, 5) is 17.2. The third-order valence-electron chi connectivity index (χ3n) is 6.05. The molecule has 142 valence electrons. The highest BCUT2D eigenvalue weighted by Crippen LogP contribution is 2.30. The number of piperidine rings is 1. The molecule has 2 atom stereocenters. The normalized spacial score (nSPS) is 24.4. The number of amides is 1. The van der Waals surface area contributed by atoms with Crippen molar-refractivity contribution in [2.75, 3.05) is 19.6 Å². The van der Waals surface area contributed by atoms with Crippen LogP contribution >= 0.6 is 0 Å². The Morgan fingerprint density at radius 3 is 2.85 bits per heavy atom. The monoisotopic (exact) mass is 367 g/mol. The van der Waals surface area contributed by atoms with Gasteiger partial charge in [-0.25, -0.2) is 4.68 Å². The Labute approximate surface area is 158 Å². The first kappa shape index (κ1) is 16.9. The predicted molar refractivity (Wildman–Crippen MR) is 98.6 cm³/mol. The Bertz CT molecular complexity index is 810. The van der Waals surface area contributed by atoms with Crippen molar-refractivity contribution in [1.29, 1.82) is 0 Å². The van der Waals surface area contributed by atoms with Crippen LogP contribution in [0.5, 0.6) is 0 Å². The molecular formula is C20H25N5O2. The molecule has 1 aromatic carbocycles. The fraction of sp³-hybridized carbons (Fsp3) is 0.550. The van der Waals surface area contributed by atoms with E-state index in [0.29, 0.717) is 19.6 Å². The number of hydrogen-bond donors (Lipinski definition) is 0. The van der Waals surface area contributed by atoms with Crippen LogP contribution in [-0.2, 0) is 29.2 Å². The van der Waals surface area contributed by atoms with Gasteiger partial charge in [-0.2, -0.15) is 0 Å². The summed E-state index contributed by atoms with van der Waals surface area (Å²) >= 11 is 0. The first-order valence-electron chi connectivity index (χ1n) is 9.85. The van der Waals surface area contributed by atoms with Crippen molar-refractivity contribution in [3.05, 3.63) is 47.3 Å². The van der Waals surface area contributed by atoms with Gasteiger partial charge in [0.1, 0.15) is 0 Å². The maximum Gasteiger partial charge on any atom is 0.222 e. The van der Waals surface area contributed by atoms with Crippen LogP contribution in [0.2, 0.25) is 0 Å². The van der Waals surface area contributed by atoms with Gasteiger partial charge in [-0.15, -0.1) is 5.10 Å². The first-order chi connectivity index (χ1) is 13.3. The first-order valence-corrected chi connectivity index (χ1v) is 9.85. The van der Waals surface area contributed by atoms with Crippen LogP contribution < -0.4 is 0 Å². The maximum atomic E-state index is 12.7. The molecule has 0 spiro atoms. The molecule has 1 amide bonds. The van der Waals surface area contributed by atoms with Gasteiger partial charge >= 0.3 is 0 Å². The van der Waals surface area contributed by atoms with E-state index in [1.165, 1.54) is 11.1 Å². The second-order valence-corrected chi connectivity index (χ2v) is 7.80. The summed E-state index contributed by atoms with van der Waals surface area (Å²) in [7, 11) is 0. The highest BCUT2D eigenvalue weighted by Gasteiger charge is 2.37. The fourth-order valence-corrected chi connectivity index (χ4v) is 4.58. The highest BCUT2D eigenvalue weighted by molar-refractivity contribution is 5.76. The molecule has 0 saturated carbocycles. The van der Waals surface area contributed by atoms with E-state index >= 15 is 0 Å². The molecular weight excluding hydrogens is 342 g/mol. The molecule has 0 radical (unpaired) electrons. The van der Waals surface area contributed by atoms with Gasteiger partial charge in [0.15, 0.2) is 0 Å². The number of rotatable bonds is 4. The summed E-state index contributed by atoms with van der Waals surface area (Å²) in [5, 5.41) is 8.21. The van der Waals surface area contributed by atoms with Crippen LogP contribution in [-0.4, -0.2) is 56.4 Å². The molecule has 2 aromatic rings. The lowest BCUT2D eigenvalue weighted by Crippen LogP contribution is -2.49. The van der Waals surface area contributed by atoms with Crippen molar-refractivity contribution in [3.63, 3.8) is 0 Å². The van der Waals surface area contributed by atoms with E-state index in [4.69, 9.17) is 4.74 Å². The Kier molecular flexibility index (Phi) is 4.41. The van der Waals surface area contributed by atoms with E-state index in [9.17, 15) is 4.79 Å². The number of hydrogen-bond acceptors (Lipinski definition) is 5. The summed E-state index contributed by atoms with van der Waals surface area (Å²) in [6, 6.07) is 8.71. The van der Waals surface area contributed by atoms with Crippen molar-refractivity contribution in [3.8, 4) is 0 Å². The van der Waals surface area contributed by atoms with Crippen molar-refractivity contribution >= 4 is 5.91 Å². The van der Waals surface area contributed by atoms with Gasteiger partial charge in [-0.1, -0.05) is 29.5 Å². The average Bonchev–Trinajstić information content (AvgIpc) is 3.33. The topological polar surface area (TPSA) is 63.5 Å². The zero-order valence-corrected chi connectivity index (χ0v) is 15.5. The molecule has 4 heterocycles. The third kappa shape index (κ3) is 3.26. The molecule has 5 rings (SSSR count). The van der Waals surface area contributed by atoms with Gasteiger partial charge < -0.3 is 9.64 Å². The molecule has 0 aliphatic carbocycles. The minimum atomic E-state index is 0.0991. The highest BCUT2D eigenvalue weighted by atomic mass is 16.5. The molecule has 7 nitrogen and oxygen atoms in total. The lowest BCUT2D eigenvalue weighted by molar-refractivity contribution is -0.138. The number of likely N-dealkylation sites (tertiary alicyclic amines) is 1. The summed E-state index contributed by atoms with van der Waals surface area (Å²) in [6.07, 6.45) is 4.28. The van der Waals surface area contributed by atoms with Gasteiger partial charge in [0.05, 0.1) is 30.6 Å². The van der Waals surface area contributed by atoms with Gasteiger partial charge in [-0.05, 0) is 30.5 Å². The van der Waals surface area contributed by atoms with Crippen LogP contribution in [0.25, 0.3) is 0 Å². The van der Waals surface area contributed by atoms with E-state index in [1.807, 2.05) is 9.58 Å². The number of ether oxygens (including phenoxy) is 1. The van der Waals surface area contributed by atoms with Gasteiger partial charge in [0, 0.05) is 32.6 Å². The Balaban J connectivity index is 1.13. The molecule has 27 heavy (non-hydrogen) atoms. The van der Waals surface area contributed by atoms with Crippen LogP contribution in [0, 0.1) is 0 Å². The molecule has 7 heteroatoms. The molecule has 0 bridgehead atoms. The Hall–Kier alpha value is -2.25. The lowest BCUT2D eigenvalue weighted by atomic mass is 10.00. The van der Waals surface area contributed by atoms with E-state index < -0.39 is 0 Å². The van der Waals surface area contributed by atoms with Crippen LogP contribution in [0.1, 0.15) is 42.1 Å². The minimum absolute atomic E-state index is 0.0991. The standard InChI is InChI=1S/C20H25N5O2/c26-20(6-3-8-23-11-15-4-1-2-5-16(15)12-23)24-9-7-19-18(13-24)25-17(14-27-19)10-21-22-25/h1-2,4-5,10,18-19H,3,6-9,11-14H2/t18-,19-/m0/s1. The number of aromatic nitrogens is 3. The van der Waals surface area contributed by atoms with Crippen LogP contribution in [0.3, 0.4) is 0 Å². The summed E-state index contributed by atoms with van der Waals surface area (Å²) < 4.78 is 7.88. The van der Waals surface area contributed by atoms with Gasteiger partial charge in [-0.3, -0.25) is 9.69 Å². The second-order valence-electron chi connectivity index (χ2n) is 7.80. The lowest BCUT2D eigenvalue weighted by Gasteiger charge is -2.41. The quantitative estimate of drug-likeness (QED) is 0.824. The summed E-state index contributed by atoms with van der Waals surface area (Å²) in [6.45, 7) is 5.00. The number of fused-ring (bicyclic) bond motifs is 4. The number of carbonyl (C=O) groups excluding carboxylic acids is 1. The molecule has 1 fully saturated rings. The zero-order valence-electron chi connectivity index (χ0n) is 15.5. The van der Waals surface area contributed by atoms with E-state index in [0.717, 1.165) is 44.7 Å². The van der Waals surface area contributed by atoms with Crippen molar-refractivity contribution in [2.45, 2.75) is 51.1 Å². The van der Waals surface area contributed by atoms with Gasteiger partial charge in [0.25, 0.3) is 0 Å². The average molecular weight is 367 g/mol. The molecule has 3 aliphatic heterocycles. The zero-order chi connectivity index (χ0) is 18.2. The van der Waals surface area contributed by atoms with E-state index in [2.05, 4.69) is 39.5 Å². The maximum absolute atomic E-state index is 12.7. The number of carbonyl (C=O) groups is 1. The Morgan fingerprint density at radius 1 is 1.22 bits per heavy atom. The minimum Gasteiger partial charge on any atom is -0.370 e. The van der Waals surface area contributed by atoms with Gasteiger partial charge in [0.2, 0.25) is 5.91 Å². The largest absolute Gasteiger partial charge is 0.370 e. The molecule has 3 aliphatic rings. The van der Waals surface area contributed by atoms with Crippen LogP contribution in [0.15, 0.2) is 30.5 Å². The SMILES string of the molecule is O=C(CCCN1Cc2ccccc2C1)N1CC[C@@H]2OCc3cnnn3[C@H]2C1. The van der Waals surface area contributed by atoms with Crippen molar-refractivity contribution in [1.82, 2.24) is 24.8 Å². The van der Waals surface area contributed by atoms with E-state index in [-0.39, 0.29) is 18.1 Å². The second kappa shape index (κ2) is 7.05. The Morgan fingerprint density at radius 2 is 2.04 bits per heavy atom. The van der Waals surface area contributed by atoms with E-state index in [1.54, 1.807) is 6.20 Å². The number of benzene rings is 1. The van der Waals surface area contributed by atoms with Crippen LogP contribution in [0.4, 0.5) is 0 Å². The van der Waals surface area contributed by atoms with Crippen molar-refractivity contribution < 1.29 is 9.53 Å². The molecule has 1 saturated heterocycles. The third-order valence-corrected chi connectivity index (χ3v) is 6.05. The fourth-order valence-electron chi connectivity index (χ4n) is 4.58. The van der Waals surface area contributed by atoms with Crippen molar-refractivity contribution in [2.24, 2.45) is 0 Å². The smallest absolute Gasteiger partial charge is 0.222 e. The molecule has 0 N–H and O–H groups in total.